The maximum Gasteiger partial charge on any atom is 0.0310 e. The normalized spacial score (nSPS) is 27.7. The van der Waals surface area contributed by atoms with Crippen LogP contribution < -0.4 is 10.6 Å². The molecule has 1 atom stereocenters. The molecule has 0 radical (unpaired) electrons. The second-order valence-corrected chi connectivity index (χ2v) is 8.55. The quantitative estimate of drug-likeness (QED) is 0.798. The largest absolute Gasteiger partial charge is 0.383 e. The van der Waals surface area contributed by atoms with Crippen molar-refractivity contribution in [3.8, 4) is 0 Å². The zero-order valence-electron chi connectivity index (χ0n) is 15.3. The number of allylic oxidation sites excluding steroid dienone is 5. The zero-order chi connectivity index (χ0) is 16.4. The van der Waals surface area contributed by atoms with Crippen LogP contribution in [-0.4, -0.2) is 18.1 Å². The highest BCUT2D eigenvalue weighted by atomic mass is 15.0. The summed E-state index contributed by atoms with van der Waals surface area (Å²) in [6.45, 7) is 14.8. The van der Waals surface area contributed by atoms with E-state index in [2.05, 4.69) is 76.5 Å². The van der Waals surface area contributed by atoms with Crippen LogP contribution in [0.2, 0.25) is 0 Å². The van der Waals surface area contributed by atoms with Gasteiger partial charge in [-0.1, -0.05) is 32.1 Å². The average Bonchev–Trinajstić information content (AvgIpc) is 2.61. The Morgan fingerprint density at radius 2 is 1.86 bits per heavy atom. The van der Waals surface area contributed by atoms with Crippen LogP contribution in [-0.2, 0) is 0 Å². The van der Waals surface area contributed by atoms with E-state index in [0.29, 0.717) is 12.0 Å². The van der Waals surface area contributed by atoms with Crippen molar-refractivity contribution in [2.75, 3.05) is 6.54 Å². The molecule has 22 heavy (non-hydrogen) atoms. The summed E-state index contributed by atoms with van der Waals surface area (Å²) < 4.78 is 0. The van der Waals surface area contributed by atoms with Crippen LogP contribution in [0.3, 0.4) is 0 Å². The summed E-state index contributed by atoms with van der Waals surface area (Å²) in [7, 11) is 0. The first kappa shape index (κ1) is 17.3. The van der Waals surface area contributed by atoms with Gasteiger partial charge in [0.2, 0.25) is 0 Å². The third kappa shape index (κ3) is 5.01. The lowest BCUT2D eigenvalue weighted by Crippen LogP contribution is -2.39. The van der Waals surface area contributed by atoms with Gasteiger partial charge in [-0.25, -0.2) is 0 Å². The molecular weight excluding hydrogens is 268 g/mol. The van der Waals surface area contributed by atoms with Gasteiger partial charge in [-0.15, -0.1) is 0 Å². The van der Waals surface area contributed by atoms with E-state index in [0.717, 1.165) is 6.54 Å². The topological polar surface area (TPSA) is 24.1 Å². The maximum absolute atomic E-state index is 3.68. The first-order chi connectivity index (χ1) is 10.2. The minimum absolute atomic E-state index is 0.0972. The lowest BCUT2D eigenvalue weighted by molar-refractivity contribution is 0.350. The zero-order valence-corrected chi connectivity index (χ0v) is 15.3. The van der Waals surface area contributed by atoms with E-state index < -0.39 is 0 Å². The standard InChI is InChI=1S/C20H34N2/c1-15(2)22-18-10-9-17(12-19(3,4)14-18)16-8-7-11-21-20(5,6)13-16/h9-10,12,14-16,21-22H,7-8,11,13H2,1-6H3/t16-/m1/s1. The van der Waals surface area contributed by atoms with E-state index in [1.165, 1.54) is 30.5 Å². The van der Waals surface area contributed by atoms with E-state index in [1.54, 1.807) is 0 Å². The van der Waals surface area contributed by atoms with Crippen molar-refractivity contribution in [3.05, 3.63) is 35.6 Å². The van der Waals surface area contributed by atoms with Gasteiger partial charge >= 0.3 is 0 Å². The maximum atomic E-state index is 3.68. The molecule has 0 aromatic rings. The van der Waals surface area contributed by atoms with E-state index in [1.807, 2.05) is 0 Å². The van der Waals surface area contributed by atoms with Crippen molar-refractivity contribution < 1.29 is 0 Å². The molecular formula is C20H34N2. The number of hydrogen-bond acceptors (Lipinski definition) is 2. The molecule has 0 amide bonds. The van der Waals surface area contributed by atoms with Crippen molar-refractivity contribution in [1.29, 1.82) is 0 Å². The summed E-state index contributed by atoms with van der Waals surface area (Å²) in [6, 6.07) is 0.467. The van der Waals surface area contributed by atoms with Gasteiger partial charge < -0.3 is 10.6 Å². The van der Waals surface area contributed by atoms with Crippen LogP contribution >= 0.6 is 0 Å². The molecule has 0 aromatic heterocycles. The van der Waals surface area contributed by atoms with Gasteiger partial charge in [0, 0.05) is 22.7 Å². The van der Waals surface area contributed by atoms with Gasteiger partial charge in [-0.2, -0.15) is 0 Å². The van der Waals surface area contributed by atoms with Crippen molar-refractivity contribution in [3.63, 3.8) is 0 Å². The Labute approximate surface area is 137 Å². The third-order valence-electron chi connectivity index (χ3n) is 4.54. The Hall–Kier alpha value is -1.02. The number of nitrogens with one attached hydrogen (secondary N) is 2. The molecule has 2 aliphatic rings. The second-order valence-electron chi connectivity index (χ2n) is 8.55. The van der Waals surface area contributed by atoms with Gasteiger partial charge in [-0.3, -0.25) is 0 Å². The Bertz CT molecular complexity index is 478. The van der Waals surface area contributed by atoms with E-state index in [-0.39, 0.29) is 11.0 Å². The predicted molar refractivity (Wildman–Crippen MR) is 96.8 cm³/mol. The lowest BCUT2D eigenvalue weighted by Gasteiger charge is -2.29. The van der Waals surface area contributed by atoms with Crippen LogP contribution in [0.5, 0.6) is 0 Å². The summed E-state index contributed by atoms with van der Waals surface area (Å²) in [4.78, 5) is 0. The van der Waals surface area contributed by atoms with E-state index >= 15 is 0 Å². The van der Waals surface area contributed by atoms with Gasteiger partial charge in [0.15, 0.2) is 0 Å². The molecule has 2 heteroatoms. The van der Waals surface area contributed by atoms with Crippen LogP contribution in [0.1, 0.15) is 60.8 Å². The number of rotatable bonds is 3. The minimum Gasteiger partial charge on any atom is -0.383 e. The molecule has 1 aliphatic carbocycles. The molecule has 1 fully saturated rings. The summed E-state index contributed by atoms with van der Waals surface area (Å²) in [5.41, 5.74) is 3.09. The molecule has 0 aromatic carbocycles. The Morgan fingerprint density at radius 3 is 2.55 bits per heavy atom. The molecule has 0 unspecified atom stereocenters. The molecule has 2 nitrogen and oxygen atoms in total. The van der Waals surface area contributed by atoms with Crippen LogP contribution in [0.15, 0.2) is 35.6 Å². The van der Waals surface area contributed by atoms with Crippen molar-refractivity contribution >= 4 is 0 Å². The molecule has 2 rings (SSSR count). The second kappa shape index (κ2) is 6.62. The Kier molecular flexibility index (Phi) is 5.21. The van der Waals surface area contributed by atoms with Gasteiger partial charge in [-0.05, 0) is 71.1 Å². The molecule has 124 valence electrons. The molecule has 1 heterocycles. The summed E-state index contributed by atoms with van der Waals surface area (Å²) >= 11 is 0. The summed E-state index contributed by atoms with van der Waals surface area (Å²) in [5, 5.41) is 7.24. The van der Waals surface area contributed by atoms with Crippen molar-refractivity contribution in [2.24, 2.45) is 11.3 Å². The van der Waals surface area contributed by atoms with Crippen LogP contribution in [0, 0.1) is 11.3 Å². The SMILES string of the molecule is CC(C)NC1=CC(C)(C)C=C([C@@H]2CCCNC(C)(C)C2)C=C1. The van der Waals surface area contributed by atoms with Gasteiger partial charge in [0.1, 0.15) is 0 Å². The molecule has 0 spiro atoms. The summed E-state index contributed by atoms with van der Waals surface area (Å²) in [5.74, 6) is 0.660. The fourth-order valence-electron chi connectivity index (χ4n) is 3.68. The van der Waals surface area contributed by atoms with E-state index in [4.69, 9.17) is 0 Å². The minimum atomic E-state index is 0.0972. The molecule has 0 bridgehead atoms. The first-order valence-corrected chi connectivity index (χ1v) is 8.82. The molecule has 0 saturated carbocycles. The van der Waals surface area contributed by atoms with Gasteiger partial charge in [0.05, 0.1) is 0 Å². The Morgan fingerprint density at radius 1 is 1.14 bits per heavy atom. The monoisotopic (exact) mass is 302 g/mol. The lowest BCUT2D eigenvalue weighted by atomic mass is 9.81. The van der Waals surface area contributed by atoms with Crippen molar-refractivity contribution in [2.45, 2.75) is 72.4 Å². The van der Waals surface area contributed by atoms with Crippen LogP contribution in [0.25, 0.3) is 0 Å². The first-order valence-electron chi connectivity index (χ1n) is 8.82. The third-order valence-corrected chi connectivity index (χ3v) is 4.54. The highest BCUT2D eigenvalue weighted by Crippen LogP contribution is 2.35. The molecule has 2 N–H and O–H groups in total. The summed E-state index contributed by atoms with van der Waals surface area (Å²) in [6.07, 6.45) is 13.2. The predicted octanol–water partition coefficient (Wildman–Crippen LogP) is 4.56. The Balaban J connectivity index is 2.22. The molecule has 1 saturated heterocycles. The van der Waals surface area contributed by atoms with Crippen LogP contribution in [0.4, 0.5) is 0 Å². The smallest absolute Gasteiger partial charge is 0.0310 e. The highest BCUT2D eigenvalue weighted by Gasteiger charge is 2.28. The highest BCUT2D eigenvalue weighted by molar-refractivity contribution is 5.37. The fourth-order valence-corrected chi connectivity index (χ4v) is 3.68. The van der Waals surface area contributed by atoms with Crippen molar-refractivity contribution in [1.82, 2.24) is 10.6 Å². The van der Waals surface area contributed by atoms with E-state index in [9.17, 15) is 0 Å². The van der Waals surface area contributed by atoms with Gasteiger partial charge in [0.25, 0.3) is 0 Å². The average molecular weight is 303 g/mol. The number of hydrogen-bond donors (Lipinski definition) is 2. The molecule has 1 aliphatic heterocycles. The fraction of sp³-hybridized carbons (Fsp3) is 0.700.